The normalized spacial score (nSPS) is 22.2. The zero-order valence-electron chi connectivity index (χ0n) is 7.03. The molecule has 1 aromatic rings. The van der Waals surface area contributed by atoms with Crippen LogP contribution >= 0.6 is 11.3 Å². The van der Waals surface area contributed by atoms with E-state index in [0.29, 0.717) is 0 Å². The number of hydrogen-bond donors (Lipinski definition) is 1. The molecule has 4 heteroatoms. The number of thiazole rings is 1. The van der Waals surface area contributed by atoms with E-state index in [4.69, 9.17) is 0 Å². The molecule has 1 N–H and O–H groups in total. The van der Waals surface area contributed by atoms with Crippen LogP contribution in [0.1, 0.15) is 12.6 Å². The van der Waals surface area contributed by atoms with Crippen molar-refractivity contribution in [3.63, 3.8) is 0 Å². The molecule has 0 aliphatic carbocycles. The highest BCUT2D eigenvalue weighted by atomic mass is 32.1. The summed E-state index contributed by atoms with van der Waals surface area (Å²) in [7, 11) is 0. The van der Waals surface area contributed by atoms with Crippen molar-refractivity contribution in [2.45, 2.75) is 19.1 Å². The van der Waals surface area contributed by atoms with Gasteiger partial charge in [0, 0.05) is 25.0 Å². The fourth-order valence-corrected chi connectivity index (χ4v) is 2.12. The van der Waals surface area contributed by atoms with Gasteiger partial charge in [0.2, 0.25) is 0 Å². The lowest BCUT2D eigenvalue weighted by atomic mass is 9.97. The number of hydrogen-bond acceptors (Lipinski definition) is 4. The molecule has 3 nitrogen and oxygen atoms in total. The summed E-state index contributed by atoms with van der Waals surface area (Å²) in [4.78, 5) is 6.37. The summed E-state index contributed by atoms with van der Waals surface area (Å²) in [5, 5.41) is 11.5. The second kappa shape index (κ2) is 2.80. The van der Waals surface area contributed by atoms with E-state index in [0.717, 1.165) is 25.3 Å². The molecule has 0 atom stereocenters. The number of rotatable bonds is 2. The average Bonchev–Trinajstić information content (AvgIpc) is 2.35. The molecule has 0 spiro atoms. The van der Waals surface area contributed by atoms with Crippen molar-refractivity contribution in [3.05, 3.63) is 16.6 Å². The van der Waals surface area contributed by atoms with E-state index in [2.05, 4.69) is 9.88 Å². The first kappa shape index (κ1) is 8.16. The number of β-amino-alcohol motifs (C(OH)–C–C–N with tert-alkyl or cyclic N) is 1. The molecule has 0 radical (unpaired) electrons. The summed E-state index contributed by atoms with van der Waals surface area (Å²) in [5.74, 6) is 0. The smallest absolute Gasteiger partial charge is 0.0872 e. The monoisotopic (exact) mass is 184 g/mol. The molecule has 1 fully saturated rings. The van der Waals surface area contributed by atoms with Gasteiger partial charge in [-0.25, -0.2) is 4.98 Å². The Morgan fingerprint density at radius 1 is 1.75 bits per heavy atom. The summed E-state index contributed by atoms with van der Waals surface area (Å²) in [6.45, 7) is 4.28. The minimum absolute atomic E-state index is 0.462. The van der Waals surface area contributed by atoms with Crippen molar-refractivity contribution in [1.82, 2.24) is 9.88 Å². The fraction of sp³-hybridized carbons (Fsp3) is 0.625. The lowest BCUT2D eigenvalue weighted by molar-refractivity contribution is -0.0875. The van der Waals surface area contributed by atoms with Gasteiger partial charge in [0.05, 0.1) is 16.8 Å². The van der Waals surface area contributed by atoms with Gasteiger partial charge in [-0.1, -0.05) is 0 Å². The van der Waals surface area contributed by atoms with E-state index in [1.54, 1.807) is 11.3 Å². The Kier molecular flexibility index (Phi) is 1.90. The minimum Gasteiger partial charge on any atom is -0.388 e. The van der Waals surface area contributed by atoms with Crippen molar-refractivity contribution in [3.8, 4) is 0 Å². The molecule has 2 heterocycles. The first-order valence-electron chi connectivity index (χ1n) is 3.97. The fourth-order valence-electron chi connectivity index (χ4n) is 1.57. The summed E-state index contributed by atoms with van der Waals surface area (Å²) >= 11 is 1.62. The Morgan fingerprint density at radius 3 is 3.00 bits per heavy atom. The van der Waals surface area contributed by atoms with Gasteiger partial charge in [0.1, 0.15) is 0 Å². The second-order valence-electron chi connectivity index (χ2n) is 3.62. The highest BCUT2D eigenvalue weighted by molar-refractivity contribution is 7.07. The van der Waals surface area contributed by atoms with Crippen LogP contribution in [-0.2, 0) is 6.54 Å². The Labute approximate surface area is 75.7 Å². The largest absolute Gasteiger partial charge is 0.388 e. The van der Waals surface area contributed by atoms with E-state index in [1.807, 2.05) is 17.8 Å². The van der Waals surface area contributed by atoms with Crippen LogP contribution in [0.25, 0.3) is 0 Å². The third kappa shape index (κ3) is 1.65. The molecule has 0 unspecified atom stereocenters. The maximum Gasteiger partial charge on any atom is 0.0872 e. The molecular weight excluding hydrogens is 172 g/mol. The lowest BCUT2D eigenvalue weighted by Gasteiger charge is -2.43. The maximum absolute atomic E-state index is 9.45. The number of aromatic nitrogens is 1. The Bertz CT molecular complexity index is 250. The SMILES string of the molecule is CC1(O)CN(Cc2cscn2)C1. The van der Waals surface area contributed by atoms with Crippen molar-refractivity contribution in [2.75, 3.05) is 13.1 Å². The van der Waals surface area contributed by atoms with E-state index < -0.39 is 5.60 Å². The standard InChI is InChI=1S/C8H12N2OS/c1-8(11)4-10(5-8)2-7-3-12-6-9-7/h3,6,11H,2,4-5H2,1H3. The van der Waals surface area contributed by atoms with Crippen molar-refractivity contribution >= 4 is 11.3 Å². The van der Waals surface area contributed by atoms with Crippen molar-refractivity contribution in [1.29, 1.82) is 0 Å². The number of likely N-dealkylation sites (tertiary alicyclic amines) is 1. The van der Waals surface area contributed by atoms with Gasteiger partial charge in [-0.05, 0) is 6.92 Å². The van der Waals surface area contributed by atoms with Gasteiger partial charge in [0.15, 0.2) is 0 Å². The zero-order chi connectivity index (χ0) is 8.60. The van der Waals surface area contributed by atoms with E-state index in [1.165, 1.54) is 0 Å². The van der Waals surface area contributed by atoms with Crippen molar-refractivity contribution < 1.29 is 5.11 Å². The average molecular weight is 184 g/mol. The summed E-state index contributed by atoms with van der Waals surface area (Å²) < 4.78 is 0. The van der Waals surface area contributed by atoms with Gasteiger partial charge in [-0.15, -0.1) is 11.3 Å². The van der Waals surface area contributed by atoms with E-state index in [-0.39, 0.29) is 0 Å². The molecule has 1 aromatic heterocycles. The zero-order valence-corrected chi connectivity index (χ0v) is 7.84. The van der Waals surface area contributed by atoms with Gasteiger partial charge in [-0.2, -0.15) is 0 Å². The molecule has 66 valence electrons. The van der Waals surface area contributed by atoms with Crippen molar-refractivity contribution in [2.24, 2.45) is 0 Å². The van der Waals surface area contributed by atoms with Crippen LogP contribution in [0.2, 0.25) is 0 Å². The molecule has 12 heavy (non-hydrogen) atoms. The predicted molar refractivity (Wildman–Crippen MR) is 48.0 cm³/mol. The van der Waals surface area contributed by atoms with Crippen LogP contribution in [0.5, 0.6) is 0 Å². The highest BCUT2D eigenvalue weighted by Crippen LogP contribution is 2.21. The van der Waals surface area contributed by atoms with Crippen LogP contribution in [0.15, 0.2) is 10.9 Å². The Morgan fingerprint density at radius 2 is 2.50 bits per heavy atom. The van der Waals surface area contributed by atoms with Gasteiger partial charge in [0.25, 0.3) is 0 Å². The van der Waals surface area contributed by atoms with E-state index >= 15 is 0 Å². The van der Waals surface area contributed by atoms with Crippen LogP contribution < -0.4 is 0 Å². The maximum atomic E-state index is 9.45. The van der Waals surface area contributed by atoms with E-state index in [9.17, 15) is 5.11 Å². The Balaban J connectivity index is 1.84. The molecule has 0 saturated carbocycles. The van der Waals surface area contributed by atoms with Crippen LogP contribution in [0, 0.1) is 0 Å². The second-order valence-corrected chi connectivity index (χ2v) is 4.34. The third-order valence-electron chi connectivity index (χ3n) is 2.00. The Hall–Kier alpha value is -0.450. The number of aliphatic hydroxyl groups is 1. The van der Waals surface area contributed by atoms with Crippen LogP contribution in [-0.4, -0.2) is 33.7 Å². The molecule has 1 aliphatic heterocycles. The summed E-state index contributed by atoms with van der Waals surface area (Å²) in [6.07, 6.45) is 0. The van der Waals surface area contributed by atoms with Gasteiger partial charge >= 0.3 is 0 Å². The highest BCUT2D eigenvalue weighted by Gasteiger charge is 2.36. The summed E-state index contributed by atoms with van der Waals surface area (Å²) in [6, 6.07) is 0. The molecular formula is C8H12N2OS. The van der Waals surface area contributed by atoms with Gasteiger partial charge in [-0.3, -0.25) is 4.90 Å². The molecule has 0 amide bonds. The molecule has 0 bridgehead atoms. The first-order chi connectivity index (χ1) is 5.66. The molecule has 1 aliphatic rings. The van der Waals surface area contributed by atoms with Crippen LogP contribution in [0.3, 0.4) is 0 Å². The lowest BCUT2D eigenvalue weighted by Crippen LogP contribution is -2.59. The predicted octanol–water partition coefficient (Wildman–Crippen LogP) is 0.710. The molecule has 2 rings (SSSR count). The topological polar surface area (TPSA) is 36.4 Å². The number of nitrogens with zero attached hydrogens (tertiary/aromatic N) is 2. The molecule has 1 saturated heterocycles. The van der Waals surface area contributed by atoms with Gasteiger partial charge < -0.3 is 5.11 Å². The van der Waals surface area contributed by atoms with Crippen LogP contribution in [0.4, 0.5) is 0 Å². The molecule has 0 aromatic carbocycles. The summed E-state index contributed by atoms with van der Waals surface area (Å²) in [5.41, 5.74) is 2.49. The minimum atomic E-state index is -0.462. The quantitative estimate of drug-likeness (QED) is 0.735. The first-order valence-corrected chi connectivity index (χ1v) is 4.92. The third-order valence-corrected chi connectivity index (χ3v) is 2.63.